The summed E-state index contributed by atoms with van der Waals surface area (Å²) >= 11 is 1.28. The van der Waals surface area contributed by atoms with E-state index in [-0.39, 0.29) is 11.6 Å². The summed E-state index contributed by atoms with van der Waals surface area (Å²) in [5.74, 6) is -2.36. The van der Waals surface area contributed by atoms with Crippen molar-refractivity contribution in [2.45, 2.75) is 26.4 Å². The molecule has 1 aromatic rings. The molecule has 1 N–H and O–H groups in total. The molecule has 22 heavy (non-hydrogen) atoms. The van der Waals surface area contributed by atoms with Crippen LogP contribution in [-0.4, -0.2) is 25.9 Å². The Balaban J connectivity index is 2.44. The Hall–Kier alpha value is -1.87. The molecule has 0 radical (unpaired) electrons. The van der Waals surface area contributed by atoms with Gasteiger partial charge in [0.2, 0.25) is 27.3 Å². The molecule has 1 atom stereocenters. The van der Waals surface area contributed by atoms with E-state index >= 15 is 0 Å². The highest BCUT2D eigenvalue weighted by Crippen LogP contribution is 2.40. The minimum Gasteiger partial charge on any atom is -0.455 e. The number of hydrogen-bond acceptors (Lipinski definition) is 7. The Morgan fingerprint density at radius 1 is 1.50 bits per heavy atom. The Morgan fingerprint density at radius 2 is 2.18 bits per heavy atom. The summed E-state index contributed by atoms with van der Waals surface area (Å²) in [7, 11) is -3.69. The van der Waals surface area contributed by atoms with Crippen molar-refractivity contribution in [1.82, 2.24) is 4.72 Å². The second kappa shape index (κ2) is 5.73. The molecule has 0 bridgehead atoms. The number of carbonyl (C=O) groups is 2. The summed E-state index contributed by atoms with van der Waals surface area (Å²) in [6.45, 7) is 4.05. The van der Waals surface area contributed by atoms with Gasteiger partial charge < -0.3 is 9.47 Å². The van der Waals surface area contributed by atoms with Crippen molar-refractivity contribution in [2.24, 2.45) is 0 Å². The summed E-state index contributed by atoms with van der Waals surface area (Å²) in [5, 5.41) is 1.76. The first kappa shape index (κ1) is 16.5. The largest absolute Gasteiger partial charge is 0.455 e. The van der Waals surface area contributed by atoms with Gasteiger partial charge in [-0.05, 0) is 25.3 Å². The molecule has 0 aromatic carbocycles. The van der Waals surface area contributed by atoms with Crippen LogP contribution in [0.25, 0.3) is 0 Å². The third-order valence-electron chi connectivity index (χ3n) is 3.02. The smallest absolute Gasteiger partial charge is 0.308 e. The van der Waals surface area contributed by atoms with E-state index in [9.17, 15) is 18.0 Å². The molecule has 2 heterocycles. The quantitative estimate of drug-likeness (QED) is 0.806. The molecule has 0 aliphatic carbocycles. The predicted molar refractivity (Wildman–Crippen MR) is 79.2 cm³/mol. The van der Waals surface area contributed by atoms with Crippen LogP contribution in [0.5, 0.6) is 0 Å². The van der Waals surface area contributed by atoms with E-state index in [4.69, 9.17) is 9.47 Å². The van der Waals surface area contributed by atoms with E-state index in [1.165, 1.54) is 25.2 Å². The van der Waals surface area contributed by atoms with E-state index in [0.29, 0.717) is 4.88 Å². The molecule has 120 valence electrons. The summed E-state index contributed by atoms with van der Waals surface area (Å²) in [4.78, 5) is 24.3. The number of rotatable bonds is 5. The number of carbonyl (C=O) groups excluding carboxylic acids is 2. The van der Waals surface area contributed by atoms with Gasteiger partial charge in [0.05, 0.1) is 10.6 Å². The third-order valence-corrected chi connectivity index (χ3v) is 5.35. The van der Waals surface area contributed by atoms with Crippen molar-refractivity contribution in [3.05, 3.63) is 34.0 Å². The minimum absolute atomic E-state index is 0.211. The van der Waals surface area contributed by atoms with Crippen molar-refractivity contribution in [2.75, 3.05) is 5.75 Å². The maximum Gasteiger partial charge on any atom is 0.308 e. The highest BCUT2D eigenvalue weighted by Gasteiger charge is 2.50. The number of Topliss-reactive ketones (excluding diaryl/α,β-unsaturated/α-hetero) is 1. The lowest BCUT2D eigenvalue weighted by molar-refractivity contribution is -0.142. The first-order valence-electron chi connectivity index (χ1n) is 6.40. The zero-order valence-electron chi connectivity index (χ0n) is 12.2. The van der Waals surface area contributed by atoms with Crippen LogP contribution in [0.15, 0.2) is 29.2 Å². The van der Waals surface area contributed by atoms with Gasteiger partial charge in [-0.25, -0.2) is 8.42 Å². The lowest BCUT2D eigenvalue weighted by Crippen LogP contribution is -2.31. The van der Waals surface area contributed by atoms with E-state index in [1.807, 2.05) is 0 Å². The molecule has 0 saturated carbocycles. The number of ketones is 1. The number of thiophene rings is 1. The van der Waals surface area contributed by atoms with Gasteiger partial charge in [0.25, 0.3) is 5.78 Å². The summed E-state index contributed by atoms with van der Waals surface area (Å²) in [6.07, 6.45) is 0. The van der Waals surface area contributed by atoms with Gasteiger partial charge in [-0.2, -0.15) is 0 Å². The Kier molecular flexibility index (Phi) is 4.30. The van der Waals surface area contributed by atoms with Crippen molar-refractivity contribution in [1.29, 1.82) is 0 Å². The molecule has 0 spiro atoms. The molecular formula is C13H15NO6S2. The summed E-state index contributed by atoms with van der Waals surface area (Å²) < 4.78 is 36.0. The van der Waals surface area contributed by atoms with Gasteiger partial charge in [-0.15, -0.1) is 11.3 Å². The molecule has 0 amide bonds. The highest BCUT2D eigenvalue weighted by molar-refractivity contribution is 7.89. The Bertz CT molecular complexity index is 735. The molecule has 1 unspecified atom stereocenters. The average Bonchev–Trinajstić information content (AvgIpc) is 3.03. The van der Waals surface area contributed by atoms with Gasteiger partial charge in [-0.3, -0.25) is 14.3 Å². The second-order valence-electron chi connectivity index (χ2n) is 4.70. The molecule has 2 rings (SSSR count). The van der Waals surface area contributed by atoms with Crippen molar-refractivity contribution in [3.8, 4) is 0 Å². The van der Waals surface area contributed by atoms with Gasteiger partial charge >= 0.3 is 5.97 Å². The zero-order chi connectivity index (χ0) is 16.5. The fourth-order valence-electron chi connectivity index (χ4n) is 1.85. The third kappa shape index (κ3) is 3.00. The molecule has 7 nitrogen and oxygen atoms in total. The monoisotopic (exact) mass is 345 g/mol. The van der Waals surface area contributed by atoms with Crippen LogP contribution in [0.2, 0.25) is 0 Å². The molecule has 1 aliphatic rings. The van der Waals surface area contributed by atoms with Crippen LogP contribution < -0.4 is 4.72 Å². The summed E-state index contributed by atoms with van der Waals surface area (Å²) in [6, 6.07) is 3.42. The van der Waals surface area contributed by atoms with Crippen molar-refractivity contribution < 1.29 is 27.5 Å². The lowest BCUT2D eigenvalue weighted by Gasteiger charge is -2.21. The van der Waals surface area contributed by atoms with E-state index in [1.54, 1.807) is 17.5 Å². The van der Waals surface area contributed by atoms with Crippen molar-refractivity contribution >= 4 is 33.1 Å². The number of nitrogens with one attached hydrogen (secondary N) is 1. The molecule has 0 saturated heterocycles. The average molecular weight is 345 g/mol. The Morgan fingerprint density at radius 3 is 2.68 bits per heavy atom. The SMILES string of the molecule is CCS(=O)(=O)NC1=C(OC(C)=O)C(=O)C(C)(c2cccs2)O1. The second-order valence-corrected chi connectivity index (χ2v) is 7.66. The van der Waals surface area contributed by atoms with Gasteiger partial charge in [0.1, 0.15) is 0 Å². The number of ether oxygens (including phenoxy) is 2. The minimum atomic E-state index is -3.69. The zero-order valence-corrected chi connectivity index (χ0v) is 13.8. The lowest BCUT2D eigenvalue weighted by atomic mass is 9.99. The van der Waals surface area contributed by atoms with Crippen LogP contribution in [0.1, 0.15) is 25.6 Å². The molecule has 0 fully saturated rings. The number of esters is 1. The topological polar surface area (TPSA) is 98.8 Å². The van der Waals surface area contributed by atoms with Crippen LogP contribution in [-0.2, 0) is 34.7 Å². The Labute approximate surface area is 132 Å². The first-order valence-corrected chi connectivity index (χ1v) is 8.94. The maximum atomic E-state index is 12.6. The van der Waals surface area contributed by atoms with Gasteiger partial charge in [0.15, 0.2) is 0 Å². The van der Waals surface area contributed by atoms with E-state index < -0.39 is 33.1 Å². The predicted octanol–water partition coefficient (Wildman–Crippen LogP) is 1.23. The highest BCUT2D eigenvalue weighted by atomic mass is 32.2. The number of sulfonamides is 1. The maximum absolute atomic E-state index is 12.6. The van der Waals surface area contributed by atoms with Gasteiger partial charge in [0, 0.05) is 6.92 Å². The molecule has 9 heteroatoms. The molecule has 1 aromatic heterocycles. The first-order chi connectivity index (χ1) is 10.2. The van der Waals surface area contributed by atoms with Crippen LogP contribution in [0.3, 0.4) is 0 Å². The van der Waals surface area contributed by atoms with Crippen molar-refractivity contribution in [3.63, 3.8) is 0 Å². The molecular weight excluding hydrogens is 330 g/mol. The fourth-order valence-corrected chi connectivity index (χ4v) is 3.23. The van der Waals surface area contributed by atoms with Crippen LogP contribution >= 0.6 is 11.3 Å². The van der Waals surface area contributed by atoms with E-state index in [2.05, 4.69) is 4.72 Å². The van der Waals surface area contributed by atoms with Crippen LogP contribution in [0.4, 0.5) is 0 Å². The molecule has 1 aliphatic heterocycles. The van der Waals surface area contributed by atoms with E-state index in [0.717, 1.165) is 6.92 Å². The summed E-state index contributed by atoms with van der Waals surface area (Å²) in [5.41, 5.74) is -1.43. The fraction of sp³-hybridized carbons (Fsp3) is 0.385. The normalized spacial score (nSPS) is 21.7. The number of hydrogen-bond donors (Lipinski definition) is 1. The van der Waals surface area contributed by atoms with Gasteiger partial charge in [-0.1, -0.05) is 6.07 Å². The van der Waals surface area contributed by atoms with Crippen LogP contribution in [0, 0.1) is 0 Å². The standard InChI is InChI=1S/C13H15NO6S2/c1-4-22(17,18)14-12-10(19-8(2)15)11(16)13(3,20-12)9-6-5-7-21-9/h5-7,14H,4H2,1-3H3.